The summed E-state index contributed by atoms with van der Waals surface area (Å²) in [4.78, 5) is 10.9. The number of urea groups is 1. The van der Waals surface area contributed by atoms with Crippen molar-refractivity contribution in [3.05, 3.63) is 90.5 Å². The Morgan fingerprint density at radius 2 is 1.02 bits per heavy atom. The number of rotatable bonds is 11. The summed E-state index contributed by atoms with van der Waals surface area (Å²) in [5, 5.41) is 42.9. The van der Waals surface area contributed by atoms with Crippen LogP contribution in [0.15, 0.2) is 120 Å². The molecule has 59 heavy (non-hydrogen) atoms. The highest BCUT2D eigenvalue weighted by Gasteiger charge is 2.25. The molecule has 6 rings (SSSR count). The number of aryl methyl sites for hydroxylation is 1. The van der Waals surface area contributed by atoms with Gasteiger partial charge in [0.2, 0.25) is 0 Å². The van der Waals surface area contributed by atoms with Crippen LogP contribution in [-0.4, -0.2) is 69.4 Å². The van der Waals surface area contributed by atoms with Crippen molar-refractivity contribution in [2.75, 3.05) is 24.9 Å². The van der Waals surface area contributed by atoms with Gasteiger partial charge in [-0.05, 0) is 90.0 Å². The first kappa shape index (κ1) is 41.9. The lowest BCUT2D eigenvalue weighted by molar-refractivity contribution is 0.262. The van der Waals surface area contributed by atoms with Gasteiger partial charge in [0.25, 0.3) is 30.4 Å². The Morgan fingerprint density at radius 3 is 1.47 bits per heavy atom. The van der Waals surface area contributed by atoms with E-state index in [1.165, 1.54) is 69.7 Å². The van der Waals surface area contributed by atoms with E-state index in [0.29, 0.717) is 5.75 Å². The molecule has 306 valence electrons. The van der Waals surface area contributed by atoms with Crippen LogP contribution in [0.3, 0.4) is 0 Å². The second-order valence-electron chi connectivity index (χ2n) is 12.4. The van der Waals surface area contributed by atoms with Crippen LogP contribution >= 0.6 is 0 Å². The Hall–Kier alpha value is -6.76. The minimum Gasteiger partial charge on any atom is -0.505 e. The zero-order valence-corrected chi connectivity index (χ0v) is 33.0. The molecule has 0 atom stereocenters. The fraction of sp³-hybridized carbons (Fsp3) is 0.0833. The van der Waals surface area contributed by atoms with Gasteiger partial charge in [0.1, 0.15) is 48.9 Å². The van der Waals surface area contributed by atoms with Crippen molar-refractivity contribution < 1.29 is 63.4 Å². The number of aromatic hydroxyl groups is 2. The summed E-state index contributed by atoms with van der Waals surface area (Å²) in [5.74, 6) is -1.26. The third-order valence-electron chi connectivity index (χ3n) is 8.53. The summed E-state index contributed by atoms with van der Waals surface area (Å²) in [7, 11) is -12.1. The van der Waals surface area contributed by atoms with Crippen LogP contribution in [0.25, 0.3) is 21.5 Å². The Morgan fingerprint density at radius 1 is 0.559 bits per heavy atom. The fourth-order valence-corrected chi connectivity index (χ4v) is 7.87. The van der Waals surface area contributed by atoms with Gasteiger partial charge in [0, 0.05) is 28.2 Å². The Bertz CT molecular complexity index is 3120. The van der Waals surface area contributed by atoms with E-state index < -0.39 is 73.9 Å². The van der Waals surface area contributed by atoms with Crippen LogP contribution in [0.1, 0.15) is 5.56 Å². The molecule has 0 unspecified atom stereocenters. The first-order valence-electron chi connectivity index (χ1n) is 16.4. The number of azo groups is 2. The van der Waals surface area contributed by atoms with Gasteiger partial charge < -0.3 is 30.3 Å². The molecule has 0 heterocycles. The molecule has 0 saturated carbocycles. The average molecular weight is 867 g/mol. The maximum absolute atomic E-state index is 13.1. The first-order valence-corrected chi connectivity index (χ1v) is 20.8. The van der Waals surface area contributed by atoms with E-state index in [9.17, 15) is 53.9 Å². The topological polar surface area (TPSA) is 313 Å². The zero-order valence-electron chi connectivity index (χ0n) is 30.5. The number of fused-ring (bicyclic) bond motifs is 2. The second-order valence-corrected chi connectivity index (χ2v) is 16.6. The summed E-state index contributed by atoms with van der Waals surface area (Å²) in [6, 6.07) is 17.6. The smallest absolute Gasteiger partial charge is 0.323 e. The van der Waals surface area contributed by atoms with Gasteiger partial charge in [-0.25, -0.2) is 4.79 Å². The van der Waals surface area contributed by atoms with Gasteiger partial charge in [0.15, 0.2) is 11.5 Å². The van der Waals surface area contributed by atoms with Gasteiger partial charge in [-0.3, -0.25) is 13.7 Å². The molecule has 0 aliphatic rings. The monoisotopic (exact) mass is 866 g/mol. The fourth-order valence-electron chi connectivity index (χ4n) is 5.83. The number of carbonyl (C=O) groups excluding carboxylic acids is 1. The number of hydrogen-bond donors (Lipinski definition) is 7. The molecule has 0 bridgehead atoms. The van der Waals surface area contributed by atoms with Gasteiger partial charge >= 0.3 is 6.03 Å². The second kappa shape index (κ2) is 15.9. The third-order valence-corrected chi connectivity index (χ3v) is 11.3. The normalized spacial score (nSPS) is 12.4. The Labute approximate surface area is 334 Å². The lowest BCUT2D eigenvalue weighted by Gasteiger charge is -2.13. The largest absolute Gasteiger partial charge is 0.505 e. The number of nitrogens with one attached hydrogen (secondary N) is 2. The molecule has 0 saturated heterocycles. The number of ether oxygens (including phenoxy) is 2. The van der Waals surface area contributed by atoms with Crippen molar-refractivity contribution >= 4 is 92.1 Å². The highest BCUT2D eigenvalue weighted by molar-refractivity contribution is 7.86. The number of methoxy groups -OCH3 is 2. The maximum Gasteiger partial charge on any atom is 0.323 e. The maximum atomic E-state index is 13.1. The number of nitrogens with zero attached hydrogens (tertiary/aromatic N) is 4. The summed E-state index contributed by atoms with van der Waals surface area (Å²) < 4.78 is 113. The van der Waals surface area contributed by atoms with Crippen molar-refractivity contribution in [1.29, 1.82) is 0 Å². The van der Waals surface area contributed by atoms with Crippen LogP contribution < -0.4 is 20.1 Å². The molecule has 23 heteroatoms. The molecule has 0 aromatic heterocycles. The van der Waals surface area contributed by atoms with Crippen molar-refractivity contribution in [3.63, 3.8) is 0 Å². The zero-order chi connectivity index (χ0) is 43.0. The van der Waals surface area contributed by atoms with Crippen molar-refractivity contribution in [3.8, 4) is 23.0 Å². The SMILES string of the molecule is COc1ccccc1N=Nc1c(S(=O)(=O)O)cc2cc(NC(=O)Nc3ccc4c(O)c(N=Nc5cc(C)c(S(=O)(=O)O)cc5OC)c(S(=O)(=O)O)cc4c3)ccc2c1O. The summed E-state index contributed by atoms with van der Waals surface area (Å²) in [6.07, 6.45) is 0. The van der Waals surface area contributed by atoms with Crippen LogP contribution in [0.5, 0.6) is 23.0 Å². The molecule has 6 aromatic carbocycles. The Balaban J connectivity index is 1.29. The number of hydrogen-bond acceptors (Lipinski definition) is 15. The number of carbonyl (C=O) groups is 1. The highest BCUT2D eigenvalue weighted by Crippen LogP contribution is 2.44. The molecular formula is C36H30N6O14S3. The van der Waals surface area contributed by atoms with E-state index >= 15 is 0 Å². The molecule has 0 aliphatic heterocycles. The molecule has 20 nitrogen and oxygen atoms in total. The van der Waals surface area contributed by atoms with E-state index in [2.05, 4.69) is 31.1 Å². The number of amides is 2. The number of phenols is 2. The predicted octanol–water partition coefficient (Wildman–Crippen LogP) is 7.94. The first-order chi connectivity index (χ1) is 27.7. The molecule has 0 spiro atoms. The van der Waals surface area contributed by atoms with Crippen molar-refractivity contribution in [1.82, 2.24) is 0 Å². The molecule has 0 aliphatic carbocycles. The average Bonchev–Trinajstić information content (AvgIpc) is 3.15. The molecule has 6 aromatic rings. The predicted molar refractivity (Wildman–Crippen MR) is 212 cm³/mol. The Kier molecular flexibility index (Phi) is 11.3. The van der Waals surface area contributed by atoms with E-state index in [1.54, 1.807) is 18.2 Å². The summed E-state index contributed by atoms with van der Waals surface area (Å²) in [5.41, 5.74) is -0.957. The van der Waals surface area contributed by atoms with Gasteiger partial charge in [-0.1, -0.05) is 12.1 Å². The van der Waals surface area contributed by atoms with Crippen LogP contribution in [0, 0.1) is 6.92 Å². The van der Waals surface area contributed by atoms with Crippen molar-refractivity contribution in [2.45, 2.75) is 21.6 Å². The van der Waals surface area contributed by atoms with Gasteiger partial charge in [0.05, 0.1) is 14.2 Å². The number of anilines is 2. The molecule has 7 N–H and O–H groups in total. The molecular weight excluding hydrogens is 837 g/mol. The summed E-state index contributed by atoms with van der Waals surface area (Å²) >= 11 is 0. The van der Waals surface area contributed by atoms with Crippen LogP contribution in [-0.2, 0) is 30.4 Å². The van der Waals surface area contributed by atoms with Crippen molar-refractivity contribution in [2.24, 2.45) is 20.5 Å². The van der Waals surface area contributed by atoms with Gasteiger partial charge in [-0.15, -0.1) is 20.5 Å². The lowest BCUT2D eigenvalue weighted by atomic mass is 10.1. The number of phenolic OH excluding ortho intramolecular Hbond substituents is 2. The minimum atomic E-state index is -5.08. The highest BCUT2D eigenvalue weighted by atomic mass is 32.2. The van der Waals surface area contributed by atoms with E-state index in [-0.39, 0.29) is 55.6 Å². The lowest BCUT2D eigenvalue weighted by Crippen LogP contribution is -2.19. The van der Waals surface area contributed by atoms with Crippen LogP contribution in [0.4, 0.5) is 38.9 Å². The number of benzene rings is 6. The quantitative estimate of drug-likeness (QED) is 0.0480. The minimum absolute atomic E-state index is 0.00737. The molecule has 0 radical (unpaired) electrons. The standard InChI is InChI=1S/C36H30N6O14S3/c1-18-12-26(28(56-3)17-29(18)57(46,47)48)40-42-33-31(59(52,53)54)16-20-14-22(9-11-24(20)35(33)44)38-36(45)37-21-8-10-23-19(13-21)15-30(58(49,50)51)32(34(23)43)41-39-25-6-4-5-7-27(25)55-2/h4-17,43-44H,1-3H3,(H2,37,38,45)(H,46,47,48)(H,49,50,51)(H,52,53,54). The third kappa shape index (κ3) is 8.89. The van der Waals surface area contributed by atoms with E-state index in [0.717, 1.165) is 18.2 Å². The molecule has 2 amide bonds. The van der Waals surface area contributed by atoms with E-state index in [4.69, 9.17) is 9.47 Å². The number of para-hydroxylation sites is 1. The van der Waals surface area contributed by atoms with Gasteiger partial charge in [-0.2, -0.15) is 25.3 Å². The molecule has 0 fully saturated rings. The van der Waals surface area contributed by atoms with E-state index in [1.807, 2.05) is 0 Å². The van der Waals surface area contributed by atoms with Crippen LogP contribution in [0.2, 0.25) is 0 Å². The summed E-state index contributed by atoms with van der Waals surface area (Å²) in [6.45, 7) is 1.34.